The van der Waals surface area contributed by atoms with Crippen LogP contribution in [-0.4, -0.2) is 25.1 Å². The maximum atomic E-state index is 11.1. The summed E-state index contributed by atoms with van der Waals surface area (Å²) in [5, 5.41) is 7.00. The molecule has 0 rings (SSSR count). The first-order chi connectivity index (χ1) is 5.48. The SMILES string of the molecule is CO.COP(=O)(S)SCC(C)C. The van der Waals surface area contributed by atoms with Gasteiger partial charge in [0.2, 0.25) is 0 Å². The topological polar surface area (TPSA) is 46.5 Å². The Balaban J connectivity index is 0. The van der Waals surface area contributed by atoms with E-state index < -0.39 is 5.77 Å². The minimum atomic E-state index is -2.62. The number of hydrogen-bond donors (Lipinski definition) is 2. The molecular weight excluding hydrogens is 215 g/mol. The lowest BCUT2D eigenvalue weighted by Gasteiger charge is -2.09. The van der Waals surface area contributed by atoms with Gasteiger partial charge in [0.05, 0.1) is 0 Å². The summed E-state index contributed by atoms with van der Waals surface area (Å²) < 4.78 is 15.8. The van der Waals surface area contributed by atoms with Crippen molar-refractivity contribution in [1.82, 2.24) is 0 Å². The Hall–Kier alpha value is 0.850. The molecule has 0 saturated heterocycles. The van der Waals surface area contributed by atoms with Crippen LogP contribution in [0.3, 0.4) is 0 Å². The largest absolute Gasteiger partial charge is 0.400 e. The third-order valence-corrected chi connectivity index (χ3v) is 5.81. The van der Waals surface area contributed by atoms with Crippen LogP contribution in [0.5, 0.6) is 0 Å². The van der Waals surface area contributed by atoms with Gasteiger partial charge < -0.3 is 9.63 Å². The number of thiol groups is 1. The lowest BCUT2D eigenvalue weighted by atomic mass is 10.3. The van der Waals surface area contributed by atoms with E-state index in [1.165, 1.54) is 18.5 Å². The molecule has 76 valence electrons. The standard InChI is InChI=1S/C5H13O2PS2.CH4O/c1-5(2)4-10-8(6,9)7-3;1-2/h5H,4H2,1-3H3,(H,6,9);2H,1H3. The van der Waals surface area contributed by atoms with Crippen LogP contribution in [0.1, 0.15) is 13.8 Å². The number of aliphatic hydroxyl groups is 1. The molecule has 0 bridgehead atoms. The molecule has 0 heterocycles. The molecule has 0 aliphatic heterocycles. The molecule has 0 amide bonds. The molecule has 0 fully saturated rings. The highest BCUT2D eigenvalue weighted by atomic mass is 33.1. The van der Waals surface area contributed by atoms with E-state index in [2.05, 4.69) is 30.6 Å². The van der Waals surface area contributed by atoms with Gasteiger partial charge in [0.25, 0.3) is 0 Å². The summed E-state index contributed by atoms with van der Waals surface area (Å²) in [5.74, 6) is -1.26. The third-order valence-electron chi connectivity index (χ3n) is 0.802. The molecule has 6 heteroatoms. The first-order valence-corrected chi connectivity index (χ1v) is 7.82. The Morgan fingerprint density at radius 2 is 2.00 bits per heavy atom. The van der Waals surface area contributed by atoms with Crippen molar-refractivity contribution in [1.29, 1.82) is 0 Å². The molecule has 0 aliphatic carbocycles. The number of aliphatic hydroxyl groups excluding tert-OH is 1. The second kappa shape index (κ2) is 8.45. The van der Waals surface area contributed by atoms with Crippen LogP contribution in [-0.2, 0) is 9.09 Å². The predicted molar refractivity (Wildman–Crippen MR) is 59.0 cm³/mol. The average molecular weight is 232 g/mol. The Labute approximate surface area is 83.6 Å². The van der Waals surface area contributed by atoms with E-state index in [9.17, 15) is 4.57 Å². The first-order valence-electron chi connectivity index (χ1n) is 3.45. The van der Waals surface area contributed by atoms with E-state index >= 15 is 0 Å². The molecule has 0 aromatic rings. The molecule has 3 nitrogen and oxygen atoms in total. The fourth-order valence-corrected chi connectivity index (χ4v) is 3.26. The Kier molecular flexibility index (Phi) is 10.8. The molecule has 0 aromatic heterocycles. The van der Waals surface area contributed by atoms with Crippen LogP contribution in [0.2, 0.25) is 0 Å². The molecule has 0 radical (unpaired) electrons. The maximum absolute atomic E-state index is 11.1. The summed E-state index contributed by atoms with van der Waals surface area (Å²) >= 11 is 5.14. The zero-order valence-electron chi connectivity index (χ0n) is 7.85. The van der Waals surface area contributed by atoms with Gasteiger partial charge >= 0.3 is 5.77 Å². The molecule has 0 aliphatic rings. The molecule has 1 unspecified atom stereocenters. The summed E-state index contributed by atoms with van der Waals surface area (Å²) in [4.78, 5) is 0. The van der Waals surface area contributed by atoms with Gasteiger partial charge in [0.15, 0.2) is 0 Å². The summed E-state index contributed by atoms with van der Waals surface area (Å²) in [6, 6.07) is 0. The summed E-state index contributed by atoms with van der Waals surface area (Å²) in [6.45, 7) is 4.13. The van der Waals surface area contributed by atoms with Crippen molar-refractivity contribution in [3.63, 3.8) is 0 Å². The summed E-state index contributed by atoms with van der Waals surface area (Å²) in [7, 11) is 2.42. The zero-order valence-corrected chi connectivity index (χ0v) is 10.5. The lowest BCUT2D eigenvalue weighted by molar-refractivity contribution is 0.399. The fourth-order valence-electron chi connectivity index (χ4n) is 0.296. The molecule has 1 N–H and O–H groups in total. The average Bonchev–Trinajstić information content (AvgIpc) is 2.05. The minimum Gasteiger partial charge on any atom is -0.400 e. The first kappa shape index (κ1) is 15.3. The van der Waals surface area contributed by atoms with E-state index in [1.54, 1.807) is 0 Å². The van der Waals surface area contributed by atoms with Crippen molar-refractivity contribution in [2.24, 2.45) is 5.92 Å². The van der Waals surface area contributed by atoms with Crippen LogP contribution < -0.4 is 0 Å². The van der Waals surface area contributed by atoms with Gasteiger partial charge in [0, 0.05) is 20.0 Å². The lowest BCUT2D eigenvalue weighted by Crippen LogP contribution is -1.89. The van der Waals surface area contributed by atoms with E-state index in [4.69, 9.17) is 5.11 Å². The third kappa shape index (κ3) is 10.8. The van der Waals surface area contributed by atoms with Crippen LogP contribution in [0.25, 0.3) is 0 Å². The van der Waals surface area contributed by atoms with Crippen molar-refractivity contribution in [2.75, 3.05) is 20.0 Å². The van der Waals surface area contributed by atoms with Gasteiger partial charge in [-0.1, -0.05) is 37.5 Å². The predicted octanol–water partition coefficient (Wildman–Crippen LogP) is 2.67. The quantitative estimate of drug-likeness (QED) is 0.578. The minimum absolute atomic E-state index is 0.528. The molecule has 0 aromatic carbocycles. The molecule has 0 spiro atoms. The monoisotopic (exact) mass is 232 g/mol. The highest BCUT2D eigenvalue weighted by Crippen LogP contribution is 2.63. The van der Waals surface area contributed by atoms with Crippen molar-refractivity contribution in [3.8, 4) is 0 Å². The normalized spacial score (nSPS) is 14.9. The van der Waals surface area contributed by atoms with E-state index in [0.29, 0.717) is 5.92 Å². The number of rotatable bonds is 4. The van der Waals surface area contributed by atoms with Gasteiger partial charge in [-0.2, -0.15) is 0 Å². The summed E-state index contributed by atoms with van der Waals surface area (Å²) in [5.41, 5.74) is 0. The Morgan fingerprint density at radius 3 is 2.25 bits per heavy atom. The number of hydrogen-bond acceptors (Lipinski definition) is 4. The van der Waals surface area contributed by atoms with E-state index in [-0.39, 0.29) is 0 Å². The van der Waals surface area contributed by atoms with E-state index in [0.717, 1.165) is 12.9 Å². The van der Waals surface area contributed by atoms with E-state index in [1.807, 2.05) is 0 Å². The van der Waals surface area contributed by atoms with Crippen molar-refractivity contribution in [3.05, 3.63) is 0 Å². The second-order valence-electron chi connectivity index (χ2n) is 2.34. The fraction of sp³-hybridized carbons (Fsp3) is 1.00. The smallest absolute Gasteiger partial charge is 0.309 e. The van der Waals surface area contributed by atoms with Gasteiger partial charge in [-0.25, -0.2) is 0 Å². The van der Waals surface area contributed by atoms with Crippen molar-refractivity contribution >= 4 is 29.4 Å². The van der Waals surface area contributed by atoms with Crippen LogP contribution in [0.4, 0.5) is 0 Å². The van der Waals surface area contributed by atoms with Gasteiger partial charge in [-0.3, -0.25) is 4.57 Å². The second-order valence-corrected chi connectivity index (χ2v) is 8.84. The molecule has 12 heavy (non-hydrogen) atoms. The van der Waals surface area contributed by atoms with Gasteiger partial charge in [0.1, 0.15) is 0 Å². The zero-order chi connectivity index (χ0) is 10.2. The van der Waals surface area contributed by atoms with Crippen molar-refractivity contribution < 1.29 is 14.2 Å². The Bertz CT molecular complexity index is 141. The molecule has 1 atom stereocenters. The van der Waals surface area contributed by atoms with Crippen LogP contribution in [0.15, 0.2) is 0 Å². The van der Waals surface area contributed by atoms with Crippen LogP contribution in [0, 0.1) is 5.92 Å². The highest BCUT2D eigenvalue weighted by Gasteiger charge is 2.15. The van der Waals surface area contributed by atoms with Gasteiger partial charge in [-0.05, 0) is 5.92 Å². The van der Waals surface area contributed by atoms with Gasteiger partial charge in [-0.15, -0.1) is 0 Å². The maximum Gasteiger partial charge on any atom is 0.309 e. The van der Waals surface area contributed by atoms with Crippen molar-refractivity contribution in [2.45, 2.75) is 13.8 Å². The Morgan fingerprint density at radius 1 is 1.58 bits per heavy atom. The molecular formula is C6H17O3PS2. The molecule has 0 saturated carbocycles. The summed E-state index contributed by atoms with van der Waals surface area (Å²) in [6.07, 6.45) is 0. The van der Waals surface area contributed by atoms with Crippen LogP contribution >= 0.6 is 29.4 Å². The highest BCUT2D eigenvalue weighted by molar-refractivity contribution is 8.84.